The lowest BCUT2D eigenvalue weighted by molar-refractivity contribution is 0.0699. The van der Waals surface area contributed by atoms with Gasteiger partial charge < -0.3 is 19.6 Å². The Morgan fingerprint density at radius 1 is 1.16 bits per heavy atom. The van der Waals surface area contributed by atoms with Gasteiger partial charge in [0.1, 0.15) is 5.82 Å². The number of hydrogen-bond acceptors (Lipinski definition) is 5. The number of nitrogens with one attached hydrogen (secondary N) is 1. The van der Waals surface area contributed by atoms with Gasteiger partial charge >= 0.3 is 5.97 Å². The number of aromatic amines is 1. The van der Waals surface area contributed by atoms with E-state index in [1.54, 1.807) is 25.3 Å². The van der Waals surface area contributed by atoms with E-state index in [9.17, 15) is 14.7 Å². The normalized spacial score (nSPS) is 10.6. The molecule has 7 heteroatoms. The smallest absolute Gasteiger partial charge is 0.337 e. The zero-order chi connectivity index (χ0) is 18.0. The molecule has 1 heterocycles. The summed E-state index contributed by atoms with van der Waals surface area (Å²) in [6.07, 6.45) is 0.319. The fourth-order valence-electron chi connectivity index (χ4n) is 2.65. The molecule has 1 aromatic heterocycles. The number of aromatic carboxylic acids is 1. The number of aromatic nitrogens is 2. The van der Waals surface area contributed by atoms with E-state index >= 15 is 0 Å². The second-order valence-electron chi connectivity index (χ2n) is 5.39. The Morgan fingerprint density at radius 3 is 2.60 bits per heavy atom. The number of para-hydroxylation sites is 1. The molecule has 3 aromatic rings. The number of nitrogens with zero attached hydrogens (tertiary/aromatic N) is 1. The Balaban J connectivity index is 2.06. The molecule has 0 radical (unpaired) electrons. The first-order valence-electron chi connectivity index (χ1n) is 7.49. The van der Waals surface area contributed by atoms with Crippen LogP contribution in [-0.2, 0) is 6.42 Å². The van der Waals surface area contributed by atoms with Crippen molar-refractivity contribution in [2.45, 2.75) is 6.42 Å². The predicted molar refractivity (Wildman–Crippen MR) is 91.7 cm³/mol. The predicted octanol–water partition coefficient (Wildman–Crippen LogP) is 2.23. The molecule has 0 amide bonds. The number of carboxylic acids is 1. The highest BCUT2D eigenvalue weighted by Gasteiger charge is 2.13. The zero-order valence-electron chi connectivity index (χ0n) is 13.7. The Hall–Kier alpha value is -3.35. The molecule has 25 heavy (non-hydrogen) atoms. The van der Waals surface area contributed by atoms with Crippen LogP contribution < -0.4 is 15.0 Å². The molecule has 0 spiro atoms. The second-order valence-corrected chi connectivity index (χ2v) is 5.39. The molecule has 0 aliphatic carbocycles. The van der Waals surface area contributed by atoms with Crippen molar-refractivity contribution in [1.82, 2.24) is 9.97 Å². The van der Waals surface area contributed by atoms with E-state index in [1.807, 2.05) is 6.07 Å². The number of carboxylic acid groups (broad SMARTS) is 1. The first kappa shape index (κ1) is 16.5. The SMILES string of the molecule is COc1ccc(Cc2nc3c(C(=O)O)cccc3c(=O)[nH]2)cc1OC. The fraction of sp³-hybridized carbons (Fsp3) is 0.167. The maximum Gasteiger partial charge on any atom is 0.337 e. The summed E-state index contributed by atoms with van der Waals surface area (Å²) in [4.78, 5) is 30.7. The Kier molecular flexibility index (Phi) is 4.38. The van der Waals surface area contributed by atoms with Gasteiger partial charge in [0, 0.05) is 6.42 Å². The molecule has 0 saturated heterocycles. The van der Waals surface area contributed by atoms with Crippen molar-refractivity contribution in [3.63, 3.8) is 0 Å². The van der Waals surface area contributed by atoms with Crippen LogP contribution in [-0.4, -0.2) is 35.3 Å². The minimum absolute atomic E-state index is 0.00263. The summed E-state index contributed by atoms with van der Waals surface area (Å²) in [6, 6.07) is 9.87. The first-order valence-corrected chi connectivity index (χ1v) is 7.49. The summed E-state index contributed by atoms with van der Waals surface area (Å²) in [7, 11) is 3.09. The molecule has 0 aliphatic heterocycles. The lowest BCUT2D eigenvalue weighted by Gasteiger charge is -2.10. The largest absolute Gasteiger partial charge is 0.493 e. The third-order valence-electron chi connectivity index (χ3n) is 3.84. The lowest BCUT2D eigenvalue weighted by atomic mass is 10.1. The van der Waals surface area contributed by atoms with Gasteiger partial charge in [0.25, 0.3) is 5.56 Å². The van der Waals surface area contributed by atoms with Crippen LogP contribution >= 0.6 is 0 Å². The van der Waals surface area contributed by atoms with Crippen molar-refractivity contribution >= 4 is 16.9 Å². The summed E-state index contributed by atoms with van der Waals surface area (Å²) in [5.41, 5.74) is 0.642. The van der Waals surface area contributed by atoms with E-state index in [4.69, 9.17) is 9.47 Å². The van der Waals surface area contributed by atoms with Crippen LogP contribution in [0.5, 0.6) is 11.5 Å². The quantitative estimate of drug-likeness (QED) is 0.738. The van der Waals surface area contributed by atoms with Gasteiger partial charge in [-0.25, -0.2) is 9.78 Å². The van der Waals surface area contributed by atoms with Gasteiger partial charge in [-0.05, 0) is 29.8 Å². The third-order valence-corrected chi connectivity index (χ3v) is 3.84. The minimum Gasteiger partial charge on any atom is -0.493 e. The molecule has 0 fully saturated rings. The maximum absolute atomic E-state index is 12.3. The van der Waals surface area contributed by atoms with Crippen LogP contribution in [0.4, 0.5) is 0 Å². The van der Waals surface area contributed by atoms with E-state index in [1.165, 1.54) is 19.2 Å². The number of benzene rings is 2. The van der Waals surface area contributed by atoms with Crippen molar-refractivity contribution in [2.24, 2.45) is 0 Å². The summed E-state index contributed by atoms with van der Waals surface area (Å²) >= 11 is 0. The number of H-pyrrole nitrogens is 1. The third kappa shape index (κ3) is 3.16. The molecular formula is C18H16N2O5. The van der Waals surface area contributed by atoms with Gasteiger partial charge in [-0.2, -0.15) is 0 Å². The van der Waals surface area contributed by atoms with E-state index in [2.05, 4.69) is 9.97 Å². The highest BCUT2D eigenvalue weighted by atomic mass is 16.5. The van der Waals surface area contributed by atoms with Gasteiger partial charge in [0.2, 0.25) is 0 Å². The molecule has 128 valence electrons. The Bertz CT molecular complexity index is 1010. The highest BCUT2D eigenvalue weighted by Crippen LogP contribution is 2.28. The van der Waals surface area contributed by atoms with Gasteiger partial charge in [0.05, 0.1) is 30.7 Å². The second kappa shape index (κ2) is 6.64. The van der Waals surface area contributed by atoms with Crippen LogP contribution in [0.25, 0.3) is 10.9 Å². The van der Waals surface area contributed by atoms with Crippen LogP contribution in [0.15, 0.2) is 41.2 Å². The molecule has 3 rings (SSSR count). The van der Waals surface area contributed by atoms with Gasteiger partial charge in [-0.15, -0.1) is 0 Å². The van der Waals surface area contributed by atoms with Gasteiger partial charge in [0.15, 0.2) is 11.5 Å². The molecule has 2 N–H and O–H groups in total. The Labute approximate surface area is 142 Å². The zero-order valence-corrected chi connectivity index (χ0v) is 13.7. The van der Waals surface area contributed by atoms with Crippen LogP contribution in [0, 0.1) is 0 Å². The summed E-state index contributed by atoms with van der Waals surface area (Å²) in [5.74, 6) is 0.410. The molecule has 0 saturated carbocycles. The monoisotopic (exact) mass is 340 g/mol. The number of rotatable bonds is 5. The minimum atomic E-state index is -1.12. The summed E-state index contributed by atoms with van der Waals surface area (Å²) in [5, 5.41) is 9.54. The van der Waals surface area contributed by atoms with Crippen molar-refractivity contribution in [3.05, 3.63) is 63.7 Å². The van der Waals surface area contributed by atoms with Crippen LogP contribution in [0.1, 0.15) is 21.7 Å². The molecule has 0 aliphatic rings. The molecular weight excluding hydrogens is 324 g/mol. The fourth-order valence-corrected chi connectivity index (χ4v) is 2.65. The molecule has 0 unspecified atom stereocenters. The molecule has 2 aromatic carbocycles. The van der Waals surface area contributed by atoms with Crippen LogP contribution in [0.2, 0.25) is 0 Å². The number of carbonyl (C=O) groups is 1. The van der Waals surface area contributed by atoms with E-state index in [0.717, 1.165) is 5.56 Å². The highest BCUT2D eigenvalue weighted by molar-refractivity contribution is 6.01. The maximum atomic E-state index is 12.3. The van der Waals surface area contributed by atoms with Crippen molar-refractivity contribution < 1.29 is 19.4 Å². The molecule has 0 atom stereocenters. The lowest BCUT2D eigenvalue weighted by Crippen LogP contribution is -2.14. The van der Waals surface area contributed by atoms with E-state index < -0.39 is 5.97 Å². The molecule has 7 nitrogen and oxygen atoms in total. The number of ether oxygens (including phenoxy) is 2. The first-order chi connectivity index (χ1) is 12.0. The van der Waals surface area contributed by atoms with E-state index in [0.29, 0.717) is 23.7 Å². The van der Waals surface area contributed by atoms with E-state index in [-0.39, 0.29) is 22.0 Å². The van der Waals surface area contributed by atoms with Gasteiger partial charge in [-0.1, -0.05) is 12.1 Å². The number of fused-ring (bicyclic) bond motifs is 1. The Morgan fingerprint density at radius 2 is 1.92 bits per heavy atom. The average molecular weight is 340 g/mol. The van der Waals surface area contributed by atoms with Crippen molar-refractivity contribution in [3.8, 4) is 11.5 Å². The van der Waals surface area contributed by atoms with Crippen molar-refractivity contribution in [2.75, 3.05) is 14.2 Å². The molecule has 0 bridgehead atoms. The van der Waals surface area contributed by atoms with Crippen molar-refractivity contribution in [1.29, 1.82) is 0 Å². The summed E-state index contributed by atoms with van der Waals surface area (Å²) < 4.78 is 10.5. The number of methoxy groups -OCH3 is 2. The topological polar surface area (TPSA) is 102 Å². The standard InChI is InChI=1S/C18H16N2O5/c1-24-13-7-6-10(8-14(13)25-2)9-15-19-16-11(17(21)20-15)4-3-5-12(16)18(22)23/h3-8H,9H2,1-2H3,(H,22,23)(H,19,20,21). The number of hydrogen-bond donors (Lipinski definition) is 2. The summed E-state index contributed by atoms with van der Waals surface area (Å²) in [6.45, 7) is 0. The van der Waals surface area contributed by atoms with Crippen LogP contribution in [0.3, 0.4) is 0 Å². The van der Waals surface area contributed by atoms with Gasteiger partial charge in [-0.3, -0.25) is 4.79 Å². The average Bonchev–Trinajstić information content (AvgIpc) is 2.61.